The van der Waals surface area contributed by atoms with Crippen LogP contribution < -0.4 is 9.47 Å². The summed E-state index contributed by atoms with van der Waals surface area (Å²) in [5.41, 5.74) is 5.50. The third-order valence-electron chi connectivity index (χ3n) is 5.51. The van der Waals surface area contributed by atoms with Gasteiger partial charge < -0.3 is 19.3 Å². The molecule has 0 radical (unpaired) electrons. The van der Waals surface area contributed by atoms with E-state index in [1.807, 2.05) is 48.5 Å². The van der Waals surface area contributed by atoms with Crippen molar-refractivity contribution >= 4 is 11.5 Å². The molecule has 0 spiro atoms. The van der Waals surface area contributed by atoms with Gasteiger partial charge in [0, 0.05) is 25.5 Å². The second kappa shape index (κ2) is 10.2. The van der Waals surface area contributed by atoms with Crippen molar-refractivity contribution in [3.05, 3.63) is 101 Å². The summed E-state index contributed by atoms with van der Waals surface area (Å²) in [6.07, 6.45) is 2.42. The molecule has 164 valence electrons. The van der Waals surface area contributed by atoms with Gasteiger partial charge >= 0.3 is 5.97 Å². The topological polar surface area (TPSA) is 65.0 Å². The molecule has 4 rings (SSSR count). The summed E-state index contributed by atoms with van der Waals surface area (Å²) in [4.78, 5) is 11.1. The molecule has 1 aliphatic heterocycles. The van der Waals surface area contributed by atoms with Crippen LogP contribution in [0.4, 0.5) is 0 Å². The van der Waals surface area contributed by atoms with Crippen LogP contribution >= 0.6 is 0 Å². The summed E-state index contributed by atoms with van der Waals surface area (Å²) < 4.78 is 16.9. The highest BCUT2D eigenvalue weighted by molar-refractivity contribution is 5.84. The first-order valence-corrected chi connectivity index (χ1v) is 10.6. The molecule has 1 atom stereocenters. The van der Waals surface area contributed by atoms with Gasteiger partial charge in [0.2, 0.25) is 0 Å². The Kier molecular flexibility index (Phi) is 6.87. The lowest BCUT2D eigenvalue weighted by atomic mass is 9.93. The molecule has 0 amide bonds. The predicted octanol–water partition coefficient (Wildman–Crippen LogP) is 5.12. The van der Waals surface area contributed by atoms with Gasteiger partial charge in [-0.3, -0.25) is 0 Å². The van der Waals surface area contributed by atoms with Crippen LogP contribution in [0.1, 0.15) is 28.7 Å². The quantitative estimate of drug-likeness (QED) is 0.503. The van der Waals surface area contributed by atoms with E-state index < -0.39 is 12.1 Å². The van der Waals surface area contributed by atoms with E-state index in [0.717, 1.165) is 34.6 Å². The number of fused-ring (bicyclic) bond motifs is 2. The second-order valence-corrected chi connectivity index (χ2v) is 7.61. The van der Waals surface area contributed by atoms with Crippen molar-refractivity contribution < 1.29 is 24.1 Å². The molecule has 1 heterocycles. The molecule has 5 heteroatoms. The van der Waals surface area contributed by atoms with Crippen LogP contribution in [0, 0.1) is 0 Å². The number of aliphatic carboxylic acids is 1. The van der Waals surface area contributed by atoms with Crippen LogP contribution in [0.3, 0.4) is 0 Å². The predicted molar refractivity (Wildman–Crippen MR) is 123 cm³/mol. The monoisotopic (exact) mass is 430 g/mol. The van der Waals surface area contributed by atoms with Crippen LogP contribution in [0.15, 0.2) is 78.9 Å². The SMILES string of the molecule is COC(Cc1ccc(OCC/C=C2\c3ccccc3COc3ccccc32)cc1)C(=O)O. The fraction of sp³-hybridized carbons (Fsp3) is 0.222. The van der Waals surface area contributed by atoms with Gasteiger partial charge in [-0.2, -0.15) is 0 Å². The van der Waals surface area contributed by atoms with E-state index in [1.165, 1.54) is 18.2 Å². The van der Waals surface area contributed by atoms with E-state index in [4.69, 9.17) is 19.3 Å². The maximum absolute atomic E-state index is 11.1. The van der Waals surface area contributed by atoms with Crippen LogP contribution in [-0.2, 0) is 22.6 Å². The fourth-order valence-corrected chi connectivity index (χ4v) is 3.83. The van der Waals surface area contributed by atoms with Gasteiger partial charge in [0.25, 0.3) is 0 Å². The Bertz CT molecular complexity index is 1050. The minimum atomic E-state index is -0.965. The number of rotatable bonds is 8. The van der Waals surface area contributed by atoms with E-state index in [0.29, 0.717) is 19.6 Å². The summed E-state index contributed by atoms with van der Waals surface area (Å²) in [7, 11) is 1.40. The average molecular weight is 431 g/mol. The average Bonchev–Trinajstić information content (AvgIpc) is 2.98. The molecular formula is C27H26O5. The number of carboxylic acid groups (broad SMARTS) is 1. The van der Waals surface area contributed by atoms with Crippen molar-refractivity contribution in [2.45, 2.75) is 25.6 Å². The number of carboxylic acids is 1. The molecule has 1 unspecified atom stereocenters. The van der Waals surface area contributed by atoms with E-state index >= 15 is 0 Å². The van der Waals surface area contributed by atoms with Crippen molar-refractivity contribution in [1.29, 1.82) is 0 Å². The van der Waals surface area contributed by atoms with Gasteiger partial charge in [-0.05, 0) is 40.5 Å². The van der Waals surface area contributed by atoms with Gasteiger partial charge in [0.15, 0.2) is 6.10 Å². The Balaban J connectivity index is 1.43. The normalized spacial score (nSPS) is 14.6. The number of methoxy groups -OCH3 is 1. The summed E-state index contributed by atoms with van der Waals surface area (Å²) in [6.45, 7) is 1.09. The third-order valence-corrected chi connectivity index (χ3v) is 5.51. The van der Waals surface area contributed by atoms with Crippen molar-refractivity contribution in [2.24, 2.45) is 0 Å². The summed E-state index contributed by atoms with van der Waals surface area (Å²) in [5.74, 6) is 0.677. The molecule has 0 bridgehead atoms. The molecule has 5 nitrogen and oxygen atoms in total. The maximum atomic E-state index is 11.1. The van der Waals surface area contributed by atoms with E-state index in [2.05, 4.69) is 30.3 Å². The number of carbonyl (C=O) groups is 1. The summed E-state index contributed by atoms with van der Waals surface area (Å²) >= 11 is 0. The van der Waals surface area contributed by atoms with Gasteiger partial charge in [0.05, 0.1) is 6.61 Å². The van der Waals surface area contributed by atoms with Crippen LogP contribution in [0.2, 0.25) is 0 Å². The number of ether oxygens (including phenoxy) is 3. The Morgan fingerprint density at radius 1 is 1.03 bits per heavy atom. The standard InChI is InChI=1S/C27H26O5/c1-30-26(27(28)29)17-19-12-14-21(15-13-19)31-16-6-10-23-22-8-3-2-7-20(22)18-32-25-11-5-4-9-24(23)25/h2-5,7-15,26H,6,16-18H2,1H3,(H,28,29)/b23-10+. The smallest absolute Gasteiger partial charge is 0.333 e. The zero-order valence-corrected chi connectivity index (χ0v) is 18.0. The highest BCUT2D eigenvalue weighted by Gasteiger charge is 2.18. The zero-order valence-electron chi connectivity index (χ0n) is 18.0. The Labute approximate surface area is 187 Å². The molecule has 0 saturated carbocycles. The lowest BCUT2D eigenvalue weighted by Crippen LogP contribution is -2.24. The molecule has 3 aromatic carbocycles. The van der Waals surface area contributed by atoms with Crippen molar-refractivity contribution in [3.63, 3.8) is 0 Å². The first-order chi connectivity index (χ1) is 15.7. The minimum absolute atomic E-state index is 0.319. The molecule has 0 aromatic heterocycles. The Morgan fingerprint density at radius 3 is 2.50 bits per heavy atom. The highest BCUT2D eigenvalue weighted by atomic mass is 16.5. The summed E-state index contributed by atoms with van der Waals surface area (Å²) in [5, 5.41) is 9.12. The molecule has 1 aliphatic rings. The largest absolute Gasteiger partial charge is 0.493 e. The number of para-hydroxylation sites is 1. The van der Waals surface area contributed by atoms with Gasteiger partial charge in [-0.1, -0.05) is 60.7 Å². The van der Waals surface area contributed by atoms with E-state index in [-0.39, 0.29) is 0 Å². The number of hydrogen-bond donors (Lipinski definition) is 1. The highest BCUT2D eigenvalue weighted by Crippen LogP contribution is 2.36. The molecule has 0 aliphatic carbocycles. The van der Waals surface area contributed by atoms with Crippen LogP contribution in [0.5, 0.6) is 11.5 Å². The lowest BCUT2D eigenvalue weighted by Gasteiger charge is -2.12. The van der Waals surface area contributed by atoms with Gasteiger partial charge in [0.1, 0.15) is 18.1 Å². The molecular weight excluding hydrogens is 404 g/mol. The maximum Gasteiger partial charge on any atom is 0.333 e. The van der Waals surface area contributed by atoms with E-state index in [9.17, 15) is 4.79 Å². The van der Waals surface area contributed by atoms with Crippen molar-refractivity contribution in [2.75, 3.05) is 13.7 Å². The first-order valence-electron chi connectivity index (χ1n) is 10.6. The lowest BCUT2D eigenvalue weighted by molar-refractivity contribution is -0.148. The third kappa shape index (κ3) is 5.01. The Hall–Kier alpha value is -3.57. The van der Waals surface area contributed by atoms with Gasteiger partial charge in [-0.25, -0.2) is 4.79 Å². The molecule has 0 saturated heterocycles. The van der Waals surface area contributed by atoms with Crippen LogP contribution in [0.25, 0.3) is 5.57 Å². The van der Waals surface area contributed by atoms with Gasteiger partial charge in [-0.15, -0.1) is 0 Å². The van der Waals surface area contributed by atoms with Crippen molar-refractivity contribution in [1.82, 2.24) is 0 Å². The molecule has 1 N–H and O–H groups in total. The number of benzene rings is 3. The molecule has 0 fully saturated rings. The van der Waals surface area contributed by atoms with Crippen LogP contribution in [-0.4, -0.2) is 30.9 Å². The molecule has 3 aromatic rings. The van der Waals surface area contributed by atoms with Crippen molar-refractivity contribution in [3.8, 4) is 11.5 Å². The fourth-order valence-electron chi connectivity index (χ4n) is 3.83. The Morgan fingerprint density at radius 2 is 1.75 bits per heavy atom. The summed E-state index contributed by atoms with van der Waals surface area (Å²) in [6, 6.07) is 23.9. The molecule has 32 heavy (non-hydrogen) atoms. The number of hydrogen-bond acceptors (Lipinski definition) is 4. The zero-order chi connectivity index (χ0) is 22.3. The minimum Gasteiger partial charge on any atom is -0.493 e. The van der Waals surface area contributed by atoms with E-state index in [1.54, 1.807) is 0 Å². The second-order valence-electron chi connectivity index (χ2n) is 7.61. The first kappa shape index (κ1) is 21.7.